The minimum atomic E-state index is -2.91. The maximum atomic E-state index is 12.4. The second kappa shape index (κ2) is 5.80. The molecule has 2 aromatic carbocycles. The highest BCUT2D eigenvalue weighted by molar-refractivity contribution is 5.81. The number of anilines is 3. The summed E-state index contributed by atoms with van der Waals surface area (Å²) in [6.07, 6.45) is 0. The summed E-state index contributed by atoms with van der Waals surface area (Å²) in [5.41, 5.74) is 7.49. The zero-order chi connectivity index (χ0) is 15.5. The summed E-state index contributed by atoms with van der Waals surface area (Å²) >= 11 is 0. The molecule has 0 spiro atoms. The van der Waals surface area contributed by atoms with Gasteiger partial charge in [-0.25, -0.2) is 9.97 Å². The van der Waals surface area contributed by atoms with Crippen LogP contribution in [0.25, 0.3) is 11.0 Å². The lowest BCUT2D eigenvalue weighted by atomic mass is 10.3. The first-order chi connectivity index (χ1) is 10.6. The standard InChI is InChI=1S/C15H12F2N4O/c16-15(17)22-12-8-4-3-7-11(12)21-14-13(18)19-9-5-1-2-6-10(9)20-14/h1-8,15H,(H2,18,19)(H,20,21). The zero-order valence-electron chi connectivity index (χ0n) is 11.3. The largest absolute Gasteiger partial charge is 0.433 e. The van der Waals surface area contributed by atoms with Gasteiger partial charge in [0.1, 0.15) is 5.75 Å². The minimum Gasteiger partial charge on any atom is -0.433 e. The summed E-state index contributed by atoms with van der Waals surface area (Å²) in [7, 11) is 0. The van der Waals surface area contributed by atoms with Gasteiger partial charge in [-0.2, -0.15) is 8.78 Å². The van der Waals surface area contributed by atoms with Crippen LogP contribution in [-0.4, -0.2) is 16.6 Å². The number of halogens is 2. The van der Waals surface area contributed by atoms with Gasteiger partial charge in [0, 0.05) is 0 Å². The van der Waals surface area contributed by atoms with E-state index >= 15 is 0 Å². The average Bonchev–Trinajstić information content (AvgIpc) is 2.49. The van der Waals surface area contributed by atoms with Gasteiger partial charge < -0.3 is 15.8 Å². The molecule has 1 heterocycles. The Morgan fingerprint density at radius 3 is 2.32 bits per heavy atom. The van der Waals surface area contributed by atoms with E-state index in [-0.39, 0.29) is 17.4 Å². The molecule has 0 aliphatic rings. The van der Waals surface area contributed by atoms with Crippen LogP contribution in [0.15, 0.2) is 48.5 Å². The van der Waals surface area contributed by atoms with Gasteiger partial charge in [-0.3, -0.25) is 0 Å². The molecule has 0 aliphatic heterocycles. The predicted molar refractivity (Wildman–Crippen MR) is 80.3 cm³/mol. The summed E-state index contributed by atoms with van der Waals surface area (Å²) < 4.78 is 29.3. The fraction of sp³-hybridized carbons (Fsp3) is 0.0667. The third kappa shape index (κ3) is 2.88. The van der Waals surface area contributed by atoms with E-state index in [1.54, 1.807) is 30.3 Å². The summed E-state index contributed by atoms with van der Waals surface area (Å²) in [6, 6.07) is 13.5. The lowest BCUT2D eigenvalue weighted by Crippen LogP contribution is -2.06. The van der Waals surface area contributed by atoms with Crippen molar-refractivity contribution >= 4 is 28.4 Å². The van der Waals surface area contributed by atoms with Crippen LogP contribution in [0.1, 0.15) is 0 Å². The smallest absolute Gasteiger partial charge is 0.387 e. The molecule has 0 amide bonds. The molecule has 0 atom stereocenters. The number of aromatic nitrogens is 2. The lowest BCUT2D eigenvalue weighted by molar-refractivity contribution is -0.0493. The highest BCUT2D eigenvalue weighted by atomic mass is 19.3. The van der Waals surface area contributed by atoms with Gasteiger partial charge in [-0.1, -0.05) is 24.3 Å². The van der Waals surface area contributed by atoms with E-state index in [9.17, 15) is 8.78 Å². The Balaban J connectivity index is 1.98. The van der Waals surface area contributed by atoms with Gasteiger partial charge in [0.05, 0.1) is 16.7 Å². The third-order valence-corrected chi connectivity index (χ3v) is 2.95. The van der Waals surface area contributed by atoms with Gasteiger partial charge in [-0.15, -0.1) is 0 Å². The fourth-order valence-electron chi connectivity index (χ4n) is 2.00. The van der Waals surface area contributed by atoms with Crippen molar-refractivity contribution in [2.24, 2.45) is 0 Å². The molecular weight excluding hydrogens is 290 g/mol. The molecular formula is C15H12F2N4O. The number of nitrogens with two attached hydrogens (primary N) is 1. The van der Waals surface area contributed by atoms with E-state index < -0.39 is 6.61 Å². The monoisotopic (exact) mass is 302 g/mol. The van der Waals surface area contributed by atoms with Crippen LogP contribution >= 0.6 is 0 Å². The van der Waals surface area contributed by atoms with Gasteiger partial charge in [0.2, 0.25) is 0 Å². The summed E-state index contributed by atoms with van der Waals surface area (Å²) in [4.78, 5) is 8.57. The molecule has 0 saturated carbocycles. The van der Waals surface area contributed by atoms with Crippen molar-refractivity contribution in [1.82, 2.24) is 9.97 Å². The number of nitrogens with one attached hydrogen (secondary N) is 1. The Kier molecular flexibility index (Phi) is 3.69. The molecule has 0 saturated heterocycles. The number of hydrogen-bond acceptors (Lipinski definition) is 5. The Bertz CT molecular complexity index is 810. The lowest BCUT2D eigenvalue weighted by Gasteiger charge is -2.13. The van der Waals surface area contributed by atoms with E-state index in [4.69, 9.17) is 5.73 Å². The molecule has 112 valence electrons. The highest BCUT2D eigenvalue weighted by Crippen LogP contribution is 2.30. The Labute approximate surface area is 124 Å². The van der Waals surface area contributed by atoms with Crippen molar-refractivity contribution < 1.29 is 13.5 Å². The van der Waals surface area contributed by atoms with Crippen molar-refractivity contribution in [2.75, 3.05) is 11.1 Å². The molecule has 3 N–H and O–H groups in total. The number of nitrogen functional groups attached to an aromatic ring is 1. The average molecular weight is 302 g/mol. The third-order valence-electron chi connectivity index (χ3n) is 2.95. The molecule has 1 aromatic heterocycles. The summed E-state index contributed by atoms with van der Waals surface area (Å²) in [5.74, 6) is 0.460. The number of fused-ring (bicyclic) bond motifs is 1. The van der Waals surface area contributed by atoms with E-state index in [1.165, 1.54) is 6.07 Å². The second-order valence-electron chi connectivity index (χ2n) is 4.45. The number of para-hydroxylation sites is 4. The van der Waals surface area contributed by atoms with Crippen molar-refractivity contribution in [3.05, 3.63) is 48.5 Å². The Morgan fingerprint density at radius 1 is 0.955 bits per heavy atom. The quantitative estimate of drug-likeness (QED) is 0.771. The van der Waals surface area contributed by atoms with E-state index in [1.807, 2.05) is 12.1 Å². The molecule has 0 fully saturated rings. The molecule has 0 radical (unpaired) electrons. The van der Waals surface area contributed by atoms with Gasteiger partial charge >= 0.3 is 6.61 Å². The Hall–Kier alpha value is -2.96. The first kappa shape index (κ1) is 14.0. The summed E-state index contributed by atoms with van der Waals surface area (Å²) in [6.45, 7) is -2.91. The Morgan fingerprint density at radius 2 is 1.59 bits per heavy atom. The van der Waals surface area contributed by atoms with Gasteiger partial charge in [0.15, 0.2) is 11.6 Å². The molecule has 22 heavy (non-hydrogen) atoms. The number of alkyl halides is 2. The molecule has 0 aliphatic carbocycles. The fourth-order valence-corrected chi connectivity index (χ4v) is 2.00. The molecule has 0 unspecified atom stereocenters. The molecule has 3 rings (SSSR count). The van der Waals surface area contributed by atoms with E-state index in [0.717, 1.165) is 0 Å². The van der Waals surface area contributed by atoms with Crippen molar-refractivity contribution in [3.8, 4) is 5.75 Å². The van der Waals surface area contributed by atoms with Crippen LogP contribution in [0.3, 0.4) is 0 Å². The van der Waals surface area contributed by atoms with Crippen molar-refractivity contribution in [1.29, 1.82) is 0 Å². The predicted octanol–water partition coefficient (Wildman–Crippen LogP) is 3.56. The van der Waals surface area contributed by atoms with Crippen LogP contribution in [0.5, 0.6) is 5.75 Å². The highest BCUT2D eigenvalue weighted by Gasteiger charge is 2.12. The van der Waals surface area contributed by atoms with E-state index in [0.29, 0.717) is 16.7 Å². The van der Waals surface area contributed by atoms with Crippen LogP contribution in [-0.2, 0) is 0 Å². The van der Waals surface area contributed by atoms with Gasteiger partial charge in [-0.05, 0) is 24.3 Å². The number of hydrogen-bond donors (Lipinski definition) is 2. The summed E-state index contributed by atoms with van der Waals surface area (Å²) in [5, 5.41) is 2.88. The van der Waals surface area contributed by atoms with Crippen LogP contribution in [0.4, 0.5) is 26.1 Å². The number of rotatable bonds is 4. The second-order valence-corrected chi connectivity index (χ2v) is 4.45. The van der Waals surface area contributed by atoms with E-state index in [2.05, 4.69) is 20.0 Å². The van der Waals surface area contributed by atoms with Crippen molar-refractivity contribution in [2.45, 2.75) is 6.61 Å². The molecule has 5 nitrogen and oxygen atoms in total. The first-order valence-electron chi connectivity index (χ1n) is 6.46. The first-order valence-corrected chi connectivity index (χ1v) is 6.46. The maximum Gasteiger partial charge on any atom is 0.387 e. The maximum absolute atomic E-state index is 12.4. The SMILES string of the molecule is Nc1nc2ccccc2nc1Nc1ccccc1OC(F)F. The number of nitrogens with zero attached hydrogens (tertiary/aromatic N) is 2. The minimum absolute atomic E-state index is 0.00635. The molecule has 3 aromatic rings. The normalized spacial score (nSPS) is 10.9. The van der Waals surface area contributed by atoms with Crippen LogP contribution in [0, 0.1) is 0 Å². The molecule has 0 bridgehead atoms. The topological polar surface area (TPSA) is 73.1 Å². The van der Waals surface area contributed by atoms with Crippen LogP contribution < -0.4 is 15.8 Å². The zero-order valence-corrected chi connectivity index (χ0v) is 11.3. The van der Waals surface area contributed by atoms with Crippen LogP contribution in [0.2, 0.25) is 0 Å². The van der Waals surface area contributed by atoms with Gasteiger partial charge in [0.25, 0.3) is 0 Å². The van der Waals surface area contributed by atoms with Crippen molar-refractivity contribution in [3.63, 3.8) is 0 Å². The molecule has 7 heteroatoms. The number of benzene rings is 2. The number of ether oxygens (including phenoxy) is 1.